The summed E-state index contributed by atoms with van der Waals surface area (Å²) in [7, 11) is 0. The first kappa shape index (κ1) is 7.34. The largest absolute Gasteiger partial charge is 0.349 e. The summed E-state index contributed by atoms with van der Waals surface area (Å²) in [6, 6.07) is 0. The van der Waals surface area contributed by atoms with E-state index in [2.05, 4.69) is 13.8 Å². The van der Waals surface area contributed by atoms with Gasteiger partial charge in [-0.2, -0.15) is 0 Å². The Morgan fingerprint density at radius 2 is 2.08 bits per heavy atom. The number of hydrogen-bond donors (Lipinski definition) is 0. The lowest BCUT2D eigenvalue weighted by Gasteiger charge is -2.52. The maximum absolute atomic E-state index is 5.83. The molecule has 12 heavy (non-hydrogen) atoms. The molecular formula is C10H16O2. The van der Waals surface area contributed by atoms with Crippen LogP contribution in [-0.4, -0.2) is 18.0 Å². The molecule has 3 aliphatic heterocycles. The van der Waals surface area contributed by atoms with Crippen molar-refractivity contribution in [3.63, 3.8) is 0 Å². The SMILES string of the molecule is CC1(C)OC2CC3CCC(O2)C31. The third kappa shape index (κ3) is 0.775. The first-order valence-corrected chi connectivity index (χ1v) is 5.00. The van der Waals surface area contributed by atoms with E-state index in [0.29, 0.717) is 12.0 Å². The van der Waals surface area contributed by atoms with Crippen LogP contribution in [-0.2, 0) is 9.47 Å². The van der Waals surface area contributed by atoms with Crippen LogP contribution in [0.25, 0.3) is 0 Å². The molecule has 3 heterocycles. The Labute approximate surface area is 73.2 Å². The van der Waals surface area contributed by atoms with Crippen molar-refractivity contribution < 1.29 is 9.47 Å². The van der Waals surface area contributed by atoms with Gasteiger partial charge in [-0.1, -0.05) is 0 Å². The molecule has 68 valence electrons. The number of rotatable bonds is 0. The molecule has 4 bridgehead atoms. The van der Waals surface area contributed by atoms with Crippen molar-refractivity contribution in [3.8, 4) is 0 Å². The van der Waals surface area contributed by atoms with Gasteiger partial charge < -0.3 is 9.47 Å². The van der Waals surface area contributed by atoms with Gasteiger partial charge in [0.05, 0.1) is 11.7 Å². The Hall–Kier alpha value is -0.0800. The lowest BCUT2D eigenvalue weighted by molar-refractivity contribution is -0.332. The highest BCUT2D eigenvalue weighted by Gasteiger charge is 2.56. The minimum atomic E-state index is 0.0764. The second-order valence-corrected chi connectivity index (χ2v) is 4.92. The van der Waals surface area contributed by atoms with Crippen LogP contribution >= 0.6 is 0 Å². The topological polar surface area (TPSA) is 18.5 Å². The molecule has 0 spiro atoms. The van der Waals surface area contributed by atoms with Crippen molar-refractivity contribution in [2.45, 2.75) is 51.1 Å². The maximum atomic E-state index is 5.83. The fourth-order valence-corrected chi connectivity index (χ4v) is 3.46. The zero-order valence-electron chi connectivity index (χ0n) is 7.75. The highest BCUT2D eigenvalue weighted by Crippen LogP contribution is 2.53. The van der Waals surface area contributed by atoms with E-state index in [1.54, 1.807) is 0 Å². The molecule has 4 aliphatic rings. The molecule has 0 radical (unpaired) electrons. The molecule has 1 saturated carbocycles. The first-order chi connectivity index (χ1) is 5.67. The predicted octanol–water partition coefficient (Wildman–Crippen LogP) is 1.94. The molecule has 4 fully saturated rings. The van der Waals surface area contributed by atoms with Gasteiger partial charge in [0.1, 0.15) is 0 Å². The second-order valence-electron chi connectivity index (χ2n) is 4.92. The summed E-state index contributed by atoms with van der Waals surface area (Å²) in [5, 5.41) is 0. The van der Waals surface area contributed by atoms with Crippen LogP contribution < -0.4 is 0 Å². The van der Waals surface area contributed by atoms with Crippen molar-refractivity contribution in [2.24, 2.45) is 11.8 Å². The molecule has 4 atom stereocenters. The number of hydrogen-bond acceptors (Lipinski definition) is 2. The zero-order chi connectivity index (χ0) is 8.34. The van der Waals surface area contributed by atoms with Crippen molar-refractivity contribution in [2.75, 3.05) is 0 Å². The molecule has 0 aromatic heterocycles. The Bertz CT molecular complexity index is 198. The van der Waals surface area contributed by atoms with Crippen molar-refractivity contribution in [1.82, 2.24) is 0 Å². The Morgan fingerprint density at radius 1 is 1.25 bits per heavy atom. The minimum Gasteiger partial charge on any atom is -0.349 e. The van der Waals surface area contributed by atoms with Crippen LogP contribution in [0, 0.1) is 11.8 Å². The van der Waals surface area contributed by atoms with Gasteiger partial charge >= 0.3 is 0 Å². The van der Waals surface area contributed by atoms with Crippen molar-refractivity contribution in [1.29, 1.82) is 0 Å². The summed E-state index contributed by atoms with van der Waals surface area (Å²) < 4.78 is 11.6. The summed E-state index contributed by atoms with van der Waals surface area (Å²) in [6.45, 7) is 4.44. The zero-order valence-corrected chi connectivity index (χ0v) is 7.75. The van der Waals surface area contributed by atoms with Crippen molar-refractivity contribution in [3.05, 3.63) is 0 Å². The van der Waals surface area contributed by atoms with E-state index in [1.165, 1.54) is 12.8 Å². The standard InChI is InChI=1S/C10H16O2/c1-10(2)9-6-3-4-7(9)11-8(5-6)12-10/h6-9H,3-5H2,1-2H3. The lowest BCUT2D eigenvalue weighted by Crippen LogP contribution is -2.56. The fourth-order valence-electron chi connectivity index (χ4n) is 3.46. The van der Waals surface area contributed by atoms with Crippen LogP contribution in [0.4, 0.5) is 0 Å². The van der Waals surface area contributed by atoms with E-state index in [-0.39, 0.29) is 11.9 Å². The monoisotopic (exact) mass is 168 g/mol. The summed E-state index contributed by atoms with van der Waals surface area (Å²) in [5.41, 5.74) is 0.0764. The van der Waals surface area contributed by atoms with E-state index in [9.17, 15) is 0 Å². The number of fused-ring (bicyclic) bond motifs is 1. The Morgan fingerprint density at radius 3 is 2.67 bits per heavy atom. The van der Waals surface area contributed by atoms with Gasteiger partial charge in [0.15, 0.2) is 6.29 Å². The third-order valence-electron chi connectivity index (χ3n) is 3.79. The van der Waals surface area contributed by atoms with Crippen molar-refractivity contribution >= 4 is 0 Å². The molecule has 0 aromatic rings. The molecule has 3 saturated heterocycles. The van der Waals surface area contributed by atoms with E-state index in [0.717, 1.165) is 12.3 Å². The van der Waals surface area contributed by atoms with Crippen LogP contribution in [0.5, 0.6) is 0 Å². The molecule has 0 aromatic carbocycles. The van der Waals surface area contributed by atoms with Crippen LogP contribution in [0.15, 0.2) is 0 Å². The quantitative estimate of drug-likeness (QED) is 0.550. The van der Waals surface area contributed by atoms with E-state index in [4.69, 9.17) is 9.47 Å². The van der Waals surface area contributed by atoms with E-state index < -0.39 is 0 Å². The van der Waals surface area contributed by atoms with Crippen LogP contribution in [0.3, 0.4) is 0 Å². The van der Waals surface area contributed by atoms with Gasteiger partial charge in [-0.3, -0.25) is 0 Å². The smallest absolute Gasteiger partial charge is 0.158 e. The van der Waals surface area contributed by atoms with Gasteiger partial charge in [-0.05, 0) is 32.6 Å². The van der Waals surface area contributed by atoms with Gasteiger partial charge in [0.25, 0.3) is 0 Å². The average molecular weight is 168 g/mol. The first-order valence-electron chi connectivity index (χ1n) is 5.00. The Balaban J connectivity index is 1.99. The molecule has 2 nitrogen and oxygen atoms in total. The second kappa shape index (κ2) is 2.05. The van der Waals surface area contributed by atoms with Gasteiger partial charge in [-0.25, -0.2) is 0 Å². The van der Waals surface area contributed by atoms with Crippen LogP contribution in [0.2, 0.25) is 0 Å². The van der Waals surface area contributed by atoms with E-state index in [1.807, 2.05) is 0 Å². The maximum Gasteiger partial charge on any atom is 0.158 e. The predicted molar refractivity (Wildman–Crippen MR) is 44.7 cm³/mol. The van der Waals surface area contributed by atoms with Gasteiger partial charge in [0.2, 0.25) is 0 Å². The summed E-state index contributed by atoms with van der Waals surface area (Å²) in [4.78, 5) is 0. The summed E-state index contributed by atoms with van der Waals surface area (Å²) in [5.74, 6) is 1.56. The third-order valence-corrected chi connectivity index (χ3v) is 3.79. The number of ether oxygens (including phenoxy) is 2. The molecule has 1 aliphatic carbocycles. The average Bonchev–Trinajstić information content (AvgIpc) is 2.25. The highest BCUT2D eigenvalue weighted by atomic mass is 16.7. The minimum absolute atomic E-state index is 0.0764. The van der Waals surface area contributed by atoms with Crippen LogP contribution in [0.1, 0.15) is 33.1 Å². The van der Waals surface area contributed by atoms with Gasteiger partial charge in [-0.15, -0.1) is 0 Å². The Kier molecular flexibility index (Phi) is 1.25. The highest BCUT2D eigenvalue weighted by molar-refractivity contribution is 5.02. The fraction of sp³-hybridized carbons (Fsp3) is 1.00. The molecule has 4 unspecified atom stereocenters. The molecular weight excluding hydrogens is 152 g/mol. The molecule has 0 amide bonds. The normalized spacial score (nSPS) is 54.5. The van der Waals surface area contributed by atoms with E-state index >= 15 is 0 Å². The summed E-state index contributed by atoms with van der Waals surface area (Å²) in [6.07, 6.45) is 4.39. The molecule has 2 heteroatoms. The molecule has 0 N–H and O–H groups in total. The molecule has 4 rings (SSSR count). The summed E-state index contributed by atoms with van der Waals surface area (Å²) >= 11 is 0. The van der Waals surface area contributed by atoms with Gasteiger partial charge in [0, 0.05) is 12.3 Å². The lowest BCUT2D eigenvalue weighted by atomic mass is 9.75.